The first-order valence-electron chi connectivity index (χ1n) is 14.4. The summed E-state index contributed by atoms with van der Waals surface area (Å²) in [5.74, 6) is -1.41. The predicted molar refractivity (Wildman–Crippen MR) is 149 cm³/mol. The molecular weight excluding hydrogens is 574 g/mol. The van der Waals surface area contributed by atoms with Gasteiger partial charge in [0.25, 0.3) is 0 Å². The molecule has 43 heavy (non-hydrogen) atoms. The van der Waals surface area contributed by atoms with Gasteiger partial charge in [-0.3, -0.25) is 9.59 Å². The molecule has 1 aliphatic carbocycles. The van der Waals surface area contributed by atoms with E-state index in [0.717, 1.165) is 18.4 Å². The van der Waals surface area contributed by atoms with Crippen molar-refractivity contribution in [3.8, 4) is 0 Å². The molecule has 0 bridgehead atoms. The van der Waals surface area contributed by atoms with E-state index in [1.54, 1.807) is 7.11 Å². The second-order valence-electron chi connectivity index (χ2n) is 12.3. The van der Waals surface area contributed by atoms with Crippen LogP contribution in [0.2, 0.25) is 0 Å². The van der Waals surface area contributed by atoms with Crippen molar-refractivity contribution in [1.82, 2.24) is 10.2 Å². The number of carbonyl (C=O) groups is 2. The predicted octanol–water partition coefficient (Wildman–Crippen LogP) is 6.61. The number of amides is 1. The van der Waals surface area contributed by atoms with Crippen LogP contribution in [0.3, 0.4) is 0 Å². The molecule has 2 aliphatic rings. The van der Waals surface area contributed by atoms with Crippen LogP contribution >= 0.6 is 0 Å². The normalized spacial score (nSPS) is 25.0. The lowest BCUT2D eigenvalue weighted by Gasteiger charge is -2.47. The van der Waals surface area contributed by atoms with Crippen molar-refractivity contribution in [2.45, 2.75) is 68.8 Å². The zero-order chi connectivity index (χ0) is 31.8. The van der Waals surface area contributed by atoms with E-state index in [1.807, 2.05) is 30.3 Å². The van der Waals surface area contributed by atoms with Gasteiger partial charge in [-0.15, -0.1) is 0 Å². The summed E-state index contributed by atoms with van der Waals surface area (Å²) in [6.45, 7) is 3.67. The van der Waals surface area contributed by atoms with Gasteiger partial charge in [-0.05, 0) is 74.8 Å². The third-order valence-corrected chi connectivity index (χ3v) is 9.32. The first kappa shape index (κ1) is 33.0. The van der Waals surface area contributed by atoms with Crippen LogP contribution in [-0.4, -0.2) is 56.0 Å². The van der Waals surface area contributed by atoms with Crippen molar-refractivity contribution >= 4 is 11.7 Å². The molecule has 236 valence electrons. The van der Waals surface area contributed by atoms with Gasteiger partial charge in [0, 0.05) is 45.7 Å². The number of ketones is 1. The Balaban J connectivity index is 1.78. The number of likely N-dealkylation sites (N-methyl/N-ethyl adjacent to an activating group) is 1. The minimum absolute atomic E-state index is 0.0467. The quantitative estimate of drug-likeness (QED) is 0.341. The smallest absolute Gasteiger partial charge is 0.384 e. The molecule has 1 amide bonds. The number of benzene rings is 2. The molecule has 1 N–H and O–H groups in total. The topological polar surface area (TPSA) is 58.6 Å². The van der Waals surface area contributed by atoms with Crippen molar-refractivity contribution in [2.75, 3.05) is 33.9 Å². The zero-order valence-electron chi connectivity index (χ0n) is 24.7. The van der Waals surface area contributed by atoms with Crippen LogP contribution in [0.25, 0.3) is 0 Å². The maximum absolute atomic E-state index is 14.6. The Morgan fingerprint density at radius 1 is 0.907 bits per heavy atom. The second kappa shape index (κ2) is 12.2. The molecule has 2 fully saturated rings. The van der Waals surface area contributed by atoms with Crippen LogP contribution in [0.15, 0.2) is 48.5 Å². The van der Waals surface area contributed by atoms with E-state index in [9.17, 15) is 35.9 Å². The van der Waals surface area contributed by atoms with Gasteiger partial charge in [-0.1, -0.05) is 30.3 Å². The van der Waals surface area contributed by atoms with Gasteiger partial charge in [-0.25, -0.2) is 0 Å². The molecule has 1 heterocycles. The van der Waals surface area contributed by atoms with Gasteiger partial charge in [-0.2, -0.15) is 26.3 Å². The number of Topliss-reactive ketones (excluding diaryl/α,β-unsaturated/α-hetero) is 1. The van der Waals surface area contributed by atoms with Crippen LogP contribution < -0.4 is 5.32 Å². The fraction of sp³-hybridized carbons (Fsp3) is 0.562. The number of hydrogen-bond donors (Lipinski definition) is 1. The summed E-state index contributed by atoms with van der Waals surface area (Å²) < 4.78 is 87.5. The van der Waals surface area contributed by atoms with Gasteiger partial charge in [0.1, 0.15) is 5.54 Å². The molecule has 0 unspecified atom stereocenters. The Morgan fingerprint density at radius 3 is 1.95 bits per heavy atom. The van der Waals surface area contributed by atoms with Gasteiger partial charge in [0.05, 0.1) is 16.5 Å². The third-order valence-electron chi connectivity index (χ3n) is 9.32. The molecule has 0 spiro atoms. The van der Waals surface area contributed by atoms with Crippen molar-refractivity contribution in [3.05, 3.63) is 70.8 Å². The molecule has 1 saturated carbocycles. The van der Waals surface area contributed by atoms with Crippen molar-refractivity contribution < 1.29 is 40.7 Å². The third kappa shape index (κ3) is 6.48. The maximum Gasteiger partial charge on any atom is 0.416 e. The lowest BCUT2D eigenvalue weighted by Crippen LogP contribution is -2.64. The highest BCUT2D eigenvalue weighted by atomic mass is 19.4. The van der Waals surface area contributed by atoms with Gasteiger partial charge < -0.3 is 15.0 Å². The Bertz CT molecular complexity index is 1270. The number of carbonyl (C=O) groups excluding carboxylic acids is 2. The molecule has 1 aliphatic heterocycles. The van der Waals surface area contributed by atoms with E-state index in [4.69, 9.17) is 4.74 Å². The highest BCUT2D eigenvalue weighted by Gasteiger charge is 2.57. The van der Waals surface area contributed by atoms with Gasteiger partial charge >= 0.3 is 12.4 Å². The maximum atomic E-state index is 14.6. The average Bonchev–Trinajstić information content (AvgIpc) is 3.42. The Hall–Kier alpha value is -2.92. The summed E-state index contributed by atoms with van der Waals surface area (Å²) in [4.78, 5) is 30.2. The van der Waals surface area contributed by atoms with Crippen LogP contribution in [0.4, 0.5) is 26.3 Å². The first-order chi connectivity index (χ1) is 20.0. The van der Waals surface area contributed by atoms with Crippen molar-refractivity contribution in [1.29, 1.82) is 0 Å². The Kier molecular flexibility index (Phi) is 9.38. The summed E-state index contributed by atoms with van der Waals surface area (Å²) in [7, 11) is 3.07. The number of ether oxygens (including phenoxy) is 1. The largest absolute Gasteiger partial charge is 0.416 e. The highest BCUT2D eigenvalue weighted by molar-refractivity contribution is 5.98. The summed E-state index contributed by atoms with van der Waals surface area (Å²) >= 11 is 0. The first-order valence-corrected chi connectivity index (χ1v) is 14.4. The molecule has 11 heteroatoms. The minimum atomic E-state index is -5.06. The molecule has 5 nitrogen and oxygen atoms in total. The highest BCUT2D eigenvalue weighted by Crippen LogP contribution is 2.45. The van der Waals surface area contributed by atoms with Crippen LogP contribution in [0.5, 0.6) is 0 Å². The number of methoxy groups -OCH3 is 1. The van der Waals surface area contributed by atoms with Crippen molar-refractivity contribution in [3.63, 3.8) is 0 Å². The van der Waals surface area contributed by atoms with E-state index >= 15 is 0 Å². The van der Waals surface area contributed by atoms with E-state index in [2.05, 4.69) is 5.32 Å². The lowest BCUT2D eigenvalue weighted by molar-refractivity contribution is -0.151. The second-order valence-corrected chi connectivity index (χ2v) is 12.3. The number of hydrogen-bond acceptors (Lipinski definition) is 4. The lowest BCUT2D eigenvalue weighted by atomic mass is 9.68. The van der Waals surface area contributed by atoms with E-state index in [0.29, 0.717) is 44.0 Å². The van der Waals surface area contributed by atoms with E-state index in [-0.39, 0.29) is 24.3 Å². The standard InChI is InChI=1S/C32H38F6N2O3/c1-29(2,23-14-24(31(33,34)35)16-25(15-23)32(36,37)38)28(42)40(3)30(19-39-17-26(30)21-8-6-5-7-9-21)27(41)22-12-10-20(11-13-22)18-43-4/h5-9,14-16,20,22,26,39H,10-13,17-19H2,1-4H3/t20?,22?,26-,30+/m0/s1. The molecule has 2 aromatic rings. The Morgan fingerprint density at radius 2 is 1.44 bits per heavy atom. The van der Waals surface area contributed by atoms with E-state index < -0.39 is 51.8 Å². The van der Waals surface area contributed by atoms with Crippen LogP contribution in [0.1, 0.15) is 67.7 Å². The number of alkyl halides is 6. The molecule has 1 saturated heterocycles. The number of nitrogens with one attached hydrogen (secondary N) is 1. The van der Waals surface area contributed by atoms with Crippen molar-refractivity contribution in [2.24, 2.45) is 11.8 Å². The zero-order valence-corrected chi connectivity index (χ0v) is 24.7. The summed E-state index contributed by atoms with van der Waals surface area (Å²) in [5.41, 5.74) is -5.85. The van der Waals surface area contributed by atoms with Gasteiger partial charge in [0.15, 0.2) is 5.78 Å². The van der Waals surface area contributed by atoms with Crippen LogP contribution in [-0.2, 0) is 32.1 Å². The molecular formula is C32H38F6N2O3. The number of rotatable bonds is 8. The van der Waals surface area contributed by atoms with E-state index in [1.165, 1.54) is 25.8 Å². The SMILES string of the molecule is COCC1CCC(C(=O)[C@@]2(N(C)C(=O)C(C)(C)c3cc(C(F)(F)F)cc(C(F)(F)F)c3)CNC[C@H]2c2ccccc2)CC1. The molecule has 2 atom stereocenters. The number of halogens is 6. The fourth-order valence-electron chi connectivity index (χ4n) is 6.77. The van der Waals surface area contributed by atoms with Gasteiger partial charge in [0.2, 0.25) is 5.91 Å². The van der Waals surface area contributed by atoms with Crippen LogP contribution in [0, 0.1) is 11.8 Å². The summed E-state index contributed by atoms with van der Waals surface area (Å²) in [6.07, 6.45) is -7.37. The number of nitrogens with zero attached hydrogens (tertiary/aromatic N) is 1. The Labute approximate surface area is 248 Å². The average molecular weight is 613 g/mol. The molecule has 0 radical (unpaired) electrons. The minimum Gasteiger partial charge on any atom is -0.384 e. The molecule has 0 aromatic heterocycles. The summed E-state index contributed by atoms with van der Waals surface area (Å²) in [5, 5.41) is 3.26. The fourth-order valence-corrected chi connectivity index (χ4v) is 6.77. The monoisotopic (exact) mass is 612 g/mol. The molecule has 4 rings (SSSR count). The molecule has 2 aromatic carbocycles. The summed E-state index contributed by atoms with van der Waals surface area (Å²) in [6, 6.07) is 10.4.